The molecule has 7 heteroatoms. The summed E-state index contributed by atoms with van der Waals surface area (Å²) < 4.78 is 39.3. The number of nitrogens with one attached hydrogen (secondary N) is 1. The molecular formula is C14H17F3N4. The van der Waals surface area contributed by atoms with E-state index in [2.05, 4.69) is 15.4 Å². The number of nitrogens with zero attached hydrogens (tertiary/aromatic N) is 3. The summed E-state index contributed by atoms with van der Waals surface area (Å²) in [5.41, 5.74) is -0.536. The summed E-state index contributed by atoms with van der Waals surface area (Å²) in [7, 11) is 0. The number of hydrogen-bond donors (Lipinski definition) is 1. The molecule has 0 aromatic carbocycles. The normalized spacial score (nSPS) is 16.7. The van der Waals surface area contributed by atoms with Gasteiger partial charge >= 0.3 is 6.18 Å². The molecular weight excluding hydrogens is 281 g/mol. The average Bonchev–Trinajstić information content (AvgIpc) is 3.06. The van der Waals surface area contributed by atoms with Crippen molar-refractivity contribution in [1.29, 1.82) is 0 Å². The number of anilines is 1. The van der Waals surface area contributed by atoms with Gasteiger partial charge in [0.2, 0.25) is 0 Å². The highest BCUT2D eigenvalue weighted by Gasteiger charge is 2.34. The van der Waals surface area contributed by atoms with Crippen LogP contribution in [0.5, 0.6) is 0 Å². The SMILES string of the molecule is FC(F)(F)c1cc2c(NCCC3CCCC3)nccn2n1. The van der Waals surface area contributed by atoms with Crippen LogP contribution in [-0.4, -0.2) is 21.1 Å². The second-order valence-electron chi connectivity index (χ2n) is 5.50. The fraction of sp³-hybridized carbons (Fsp3) is 0.571. The van der Waals surface area contributed by atoms with E-state index in [1.165, 1.54) is 42.6 Å². The van der Waals surface area contributed by atoms with Crippen molar-refractivity contribution in [1.82, 2.24) is 14.6 Å². The van der Waals surface area contributed by atoms with Gasteiger partial charge in [-0.3, -0.25) is 0 Å². The Morgan fingerprint density at radius 2 is 2.05 bits per heavy atom. The lowest BCUT2D eigenvalue weighted by atomic mass is 10.0. The van der Waals surface area contributed by atoms with Crippen molar-refractivity contribution in [2.75, 3.05) is 11.9 Å². The average molecular weight is 298 g/mol. The van der Waals surface area contributed by atoms with Crippen LogP contribution in [0.15, 0.2) is 18.5 Å². The first kappa shape index (κ1) is 14.2. The maximum atomic E-state index is 12.7. The number of fused-ring (bicyclic) bond motifs is 1. The smallest absolute Gasteiger partial charge is 0.368 e. The molecule has 1 fully saturated rings. The Balaban J connectivity index is 1.73. The van der Waals surface area contributed by atoms with Gasteiger partial charge in [0.05, 0.1) is 0 Å². The Morgan fingerprint density at radius 1 is 1.29 bits per heavy atom. The quantitative estimate of drug-likeness (QED) is 0.935. The summed E-state index contributed by atoms with van der Waals surface area (Å²) in [6.45, 7) is 0.726. The lowest BCUT2D eigenvalue weighted by Gasteiger charge is -2.10. The minimum Gasteiger partial charge on any atom is -0.368 e. The van der Waals surface area contributed by atoms with Crippen LogP contribution >= 0.6 is 0 Å². The summed E-state index contributed by atoms with van der Waals surface area (Å²) in [5.74, 6) is 1.19. The minimum absolute atomic E-state index is 0.358. The van der Waals surface area contributed by atoms with Crippen molar-refractivity contribution >= 4 is 11.3 Å². The molecule has 2 aromatic rings. The van der Waals surface area contributed by atoms with Gasteiger partial charge in [0.15, 0.2) is 11.5 Å². The van der Waals surface area contributed by atoms with Crippen molar-refractivity contribution in [2.24, 2.45) is 5.92 Å². The third-order valence-corrected chi connectivity index (χ3v) is 4.00. The molecule has 0 atom stereocenters. The van der Waals surface area contributed by atoms with E-state index in [4.69, 9.17) is 0 Å². The molecule has 0 amide bonds. The summed E-state index contributed by atoms with van der Waals surface area (Å²) in [6, 6.07) is 1.03. The maximum absolute atomic E-state index is 12.7. The molecule has 21 heavy (non-hydrogen) atoms. The molecule has 2 heterocycles. The zero-order chi connectivity index (χ0) is 14.9. The van der Waals surface area contributed by atoms with Crippen molar-refractivity contribution in [3.05, 3.63) is 24.2 Å². The van der Waals surface area contributed by atoms with Gasteiger partial charge in [-0.15, -0.1) is 0 Å². The Labute approximate surface area is 120 Å². The van der Waals surface area contributed by atoms with Crippen LogP contribution in [-0.2, 0) is 6.18 Å². The number of hydrogen-bond acceptors (Lipinski definition) is 3. The maximum Gasteiger partial charge on any atom is 0.435 e. The van der Waals surface area contributed by atoms with E-state index in [0.29, 0.717) is 11.3 Å². The van der Waals surface area contributed by atoms with Crippen LogP contribution in [0, 0.1) is 5.92 Å². The van der Waals surface area contributed by atoms with E-state index in [0.717, 1.165) is 24.9 Å². The van der Waals surface area contributed by atoms with Gasteiger partial charge in [-0.25, -0.2) is 9.50 Å². The molecule has 0 spiro atoms. The number of halogens is 3. The van der Waals surface area contributed by atoms with Gasteiger partial charge < -0.3 is 5.32 Å². The number of aromatic nitrogens is 3. The Hall–Kier alpha value is -1.79. The number of rotatable bonds is 4. The van der Waals surface area contributed by atoms with E-state index < -0.39 is 11.9 Å². The Kier molecular flexibility index (Phi) is 3.73. The van der Waals surface area contributed by atoms with E-state index >= 15 is 0 Å². The van der Waals surface area contributed by atoms with Gasteiger partial charge in [-0.2, -0.15) is 18.3 Å². The zero-order valence-corrected chi connectivity index (χ0v) is 11.5. The highest BCUT2D eigenvalue weighted by molar-refractivity contribution is 5.67. The molecule has 4 nitrogen and oxygen atoms in total. The topological polar surface area (TPSA) is 42.2 Å². The third kappa shape index (κ3) is 3.11. The predicted molar refractivity (Wildman–Crippen MR) is 73.1 cm³/mol. The molecule has 0 unspecified atom stereocenters. The summed E-state index contributed by atoms with van der Waals surface area (Å²) in [5, 5.41) is 6.68. The molecule has 1 saturated carbocycles. The molecule has 1 N–H and O–H groups in total. The van der Waals surface area contributed by atoms with Crippen LogP contribution in [0.2, 0.25) is 0 Å². The van der Waals surface area contributed by atoms with E-state index in [1.54, 1.807) is 0 Å². The van der Waals surface area contributed by atoms with Crippen LogP contribution in [0.4, 0.5) is 19.0 Å². The van der Waals surface area contributed by atoms with Crippen LogP contribution in [0.25, 0.3) is 5.52 Å². The van der Waals surface area contributed by atoms with E-state index in [-0.39, 0.29) is 0 Å². The fourth-order valence-electron chi connectivity index (χ4n) is 2.89. The summed E-state index contributed by atoms with van der Waals surface area (Å²) in [6.07, 6.45) is 4.56. The summed E-state index contributed by atoms with van der Waals surface area (Å²) in [4.78, 5) is 4.13. The lowest BCUT2D eigenvalue weighted by molar-refractivity contribution is -0.141. The molecule has 1 aliphatic rings. The number of alkyl halides is 3. The Morgan fingerprint density at radius 3 is 2.76 bits per heavy atom. The molecule has 3 rings (SSSR count). The summed E-state index contributed by atoms with van der Waals surface area (Å²) >= 11 is 0. The van der Waals surface area contributed by atoms with Gasteiger partial charge in [0, 0.05) is 25.0 Å². The molecule has 2 aromatic heterocycles. The first-order valence-electron chi connectivity index (χ1n) is 7.19. The minimum atomic E-state index is -4.44. The standard InChI is InChI=1S/C14H17F3N4/c15-14(16,17)12-9-11-13(19-7-8-21(11)20-12)18-6-5-10-3-1-2-4-10/h7-10H,1-6H2,(H,18,19). The van der Waals surface area contributed by atoms with Crippen molar-refractivity contribution < 1.29 is 13.2 Å². The fourth-order valence-corrected chi connectivity index (χ4v) is 2.89. The third-order valence-electron chi connectivity index (χ3n) is 4.00. The molecule has 114 valence electrons. The molecule has 0 saturated heterocycles. The second-order valence-corrected chi connectivity index (χ2v) is 5.50. The molecule has 0 aliphatic heterocycles. The van der Waals surface area contributed by atoms with Crippen LogP contribution < -0.4 is 5.32 Å². The second kappa shape index (κ2) is 5.54. The Bertz CT molecular complexity index is 614. The highest BCUT2D eigenvalue weighted by Crippen LogP contribution is 2.30. The van der Waals surface area contributed by atoms with Gasteiger partial charge in [-0.1, -0.05) is 25.7 Å². The predicted octanol–water partition coefficient (Wildman–Crippen LogP) is 3.74. The molecule has 0 radical (unpaired) electrons. The van der Waals surface area contributed by atoms with Gasteiger partial charge in [-0.05, 0) is 12.3 Å². The van der Waals surface area contributed by atoms with E-state index in [9.17, 15) is 13.2 Å². The van der Waals surface area contributed by atoms with Gasteiger partial charge in [0.25, 0.3) is 0 Å². The molecule has 1 aliphatic carbocycles. The van der Waals surface area contributed by atoms with Crippen molar-refractivity contribution in [3.63, 3.8) is 0 Å². The van der Waals surface area contributed by atoms with E-state index in [1.807, 2.05) is 0 Å². The zero-order valence-electron chi connectivity index (χ0n) is 11.5. The van der Waals surface area contributed by atoms with Crippen LogP contribution in [0.3, 0.4) is 0 Å². The van der Waals surface area contributed by atoms with Gasteiger partial charge in [0.1, 0.15) is 5.52 Å². The van der Waals surface area contributed by atoms with Crippen molar-refractivity contribution in [3.8, 4) is 0 Å². The lowest BCUT2D eigenvalue weighted by Crippen LogP contribution is -2.08. The first-order valence-corrected chi connectivity index (χ1v) is 7.19. The highest BCUT2D eigenvalue weighted by atomic mass is 19.4. The monoisotopic (exact) mass is 298 g/mol. The first-order chi connectivity index (χ1) is 10.0. The largest absolute Gasteiger partial charge is 0.435 e. The van der Waals surface area contributed by atoms with Crippen LogP contribution in [0.1, 0.15) is 37.8 Å². The molecule has 0 bridgehead atoms. The van der Waals surface area contributed by atoms with Crippen molar-refractivity contribution in [2.45, 2.75) is 38.3 Å².